The highest BCUT2D eigenvalue weighted by molar-refractivity contribution is 6.35. The lowest BCUT2D eigenvalue weighted by molar-refractivity contribution is -0.156. The summed E-state index contributed by atoms with van der Waals surface area (Å²) < 4.78 is 0. The molecule has 0 spiro atoms. The third-order valence-corrected chi connectivity index (χ3v) is 3.88. The van der Waals surface area contributed by atoms with Crippen LogP contribution in [0.2, 0.25) is 0 Å². The fourth-order valence-corrected chi connectivity index (χ4v) is 2.18. The lowest BCUT2D eigenvalue weighted by Crippen LogP contribution is -2.56. The van der Waals surface area contributed by atoms with Crippen molar-refractivity contribution in [2.75, 3.05) is 32.7 Å². The molecule has 0 aromatic carbocycles. The van der Waals surface area contributed by atoms with E-state index in [1.807, 2.05) is 20.8 Å². The first-order valence-electron chi connectivity index (χ1n) is 8.28. The maximum absolute atomic E-state index is 12.2. The van der Waals surface area contributed by atoms with Gasteiger partial charge in [-0.25, -0.2) is 0 Å². The quantitative estimate of drug-likeness (QED) is 0.774. The van der Waals surface area contributed by atoms with E-state index >= 15 is 0 Å². The summed E-state index contributed by atoms with van der Waals surface area (Å²) in [6.07, 6.45) is 0.869. The molecule has 0 radical (unpaired) electrons. The Hall–Kier alpha value is -1.59. The smallest absolute Gasteiger partial charge is 0.312 e. The summed E-state index contributed by atoms with van der Waals surface area (Å²) in [6, 6.07) is 0. The maximum Gasteiger partial charge on any atom is 0.312 e. The summed E-state index contributed by atoms with van der Waals surface area (Å²) in [6.45, 7) is 14.3. The van der Waals surface area contributed by atoms with Crippen LogP contribution in [0.3, 0.4) is 0 Å². The van der Waals surface area contributed by atoms with Gasteiger partial charge in [0.15, 0.2) is 0 Å². The number of nitrogens with zero attached hydrogens (tertiary/aromatic N) is 2. The molecule has 1 heterocycles. The average molecular weight is 325 g/mol. The van der Waals surface area contributed by atoms with Crippen LogP contribution in [0.1, 0.15) is 48.0 Å². The minimum Gasteiger partial charge on any atom is -0.354 e. The van der Waals surface area contributed by atoms with Crippen molar-refractivity contribution < 1.29 is 14.4 Å². The first-order valence-corrected chi connectivity index (χ1v) is 8.28. The van der Waals surface area contributed by atoms with E-state index in [1.54, 1.807) is 4.90 Å². The first-order chi connectivity index (χ1) is 10.4. The van der Waals surface area contributed by atoms with Crippen molar-refractivity contribution in [3.05, 3.63) is 0 Å². The van der Waals surface area contributed by atoms with Crippen LogP contribution in [0.25, 0.3) is 0 Å². The van der Waals surface area contributed by atoms with Crippen molar-refractivity contribution in [3.63, 3.8) is 0 Å². The summed E-state index contributed by atoms with van der Waals surface area (Å²) in [7, 11) is 0. The highest BCUT2D eigenvalue weighted by Crippen LogP contribution is 2.19. The lowest BCUT2D eigenvalue weighted by Gasteiger charge is -2.35. The fourth-order valence-electron chi connectivity index (χ4n) is 2.18. The molecule has 0 aromatic rings. The molecule has 0 aliphatic carbocycles. The van der Waals surface area contributed by atoms with Crippen molar-refractivity contribution in [3.8, 4) is 0 Å². The van der Waals surface area contributed by atoms with Crippen molar-refractivity contribution in [2.45, 2.75) is 48.0 Å². The molecule has 0 saturated carbocycles. The molecule has 0 aromatic heterocycles. The van der Waals surface area contributed by atoms with Crippen molar-refractivity contribution in [1.82, 2.24) is 15.1 Å². The third-order valence-electron chi connectivity index (χ3n) is 3.88. The molecule has 1 rings (SSSR count). The summed E-state index contributed by atoms with van der Waals surface area (Å²) in [5, 5.41) is 2.80. The van der Waals surface area contributed by atoms with Crippen molar-refractivity contribution >= 4 is 17.7 Å². The molecule has 6 heteroatoms. The average Bonchev–Trinajstić information content (AvgIpc) is 2.40. The Morgan fingerprint density at radius 1 is 0.957 bits per heavy atom. The monoisotopic (exact) mass is 325 g/mol. The highest BCUT2D eigenvalue weighted by Gasteiger charge is 2.32. The van der Waals surface area contributed by atoms with Gasteiger partial charge in [-0.15, -0.1) is 0 Å². The van der Waals surface area contributed by atoms with Gasteiger partial charge in [0.25, 0.3) is 0 Å². The molecule has 0 atom stereocenters. The number of carbonyl (C=O) groups excluding carboxylic acids is 3. The minimum absolute atomic E-state index is 0.0555. The minimum atomic E-state index is -0.463. The second kappa shape index (κ2) is 7.32. The van der Waals surface area contributed by atoms with Gasteiger partial charge in [-0.3, -0.25) is 14.4 Å². The number of amides is 3. The Morgan fingerprint density at radius 2 is 1.43 bits per heavy atom. The van der Waals surface area contributed by atoms with Gasteiger partial charge in [0, 0.05) is 38.1 Å². The van der Waals surface area contributed by atoms with E-state index in [0.29, 0.717) is 32.7 Å². The van der Waals surface area contributed by atoms with Crippen LogP contribution in [0.15, 0.2) is 0 Å². The second-order valence-corrected chi connectivity index (χ2v) is 8.40. The lowest BCUT2D eigenvalue weighted by atomic mass is 9.92. The van der Waals surface area contributed by atoms with E-state index in [2.05, 4.69) is 26.1 Å². The van der Waals surface area contributed by atoms with Crippen LogP contribution < -0.4 is 5.32 Å². The maximum atomic E-state index is 12.2. The summed E-state index contributed by atoms with van der Waals surface area (Å²) in [5.41, 5.74) is -0.316. The Kier molecular flexibility index (Phi) is 6.19. The number of carbonyl (C=O) groups is 3. The van der Waals surface area contributed by atoms with Crippen molar-refractivity contribution in [2.24, 2.45) is 10.8 Å². The van der Waals surface area contributed by atoms with Crippen LogP contribution in [-0.4, -0.2) is 60.2 Å². The van der Waals surface area contributed by atoms with Crippen LogP contribution in [0.4, 0.5) is 0 Å². The molecule has 0 unspecified atom stereocenters. The van der Waals surface area contributed by atoms with Crippen LogP contribution in [0.5, 0.6) is 0 Å². The number of rotatable bonds is 5. The van der Waals surface area contributed by atoms with Crippen LogP contribution in [-0.2, 0) is 14.4 Å². The topological polar surface area (TPSA) is 69.7 Å². The highest BCUT2D eigenvalue weighted by atomic mass is 16.2. The summed E-state index contributed by atoms with van der Waals surface area (Å²) in [4.78, 5) is 39.3. The van der Waals surface area contributed by atoms with Gasteiger partial charge in [-0.1, -0.05) is 41.5 Å². The largest absolute Gasteiger partial charge is 0.354 e. The van der Waals surface area contributed by atoms with E-state index in [0.717, 1.165) is 6.42 Å². The van der Waals surface area contributed by atoms with Gasteiger partial charge >= 0.3 is 11.8 Å². The number of nitrogens with one attached hydrogen (secondary N) is 1. The second-order valence-electron chi connectivity index (χ2n) is 8.40. The number of hydrogen-bond donors (Lipinski definition) is 1. The van der Waals surface area contributed by atoms with Gasteiger partial charge in [-0.2, -0.15) is 0 Å². The molecule has 3 amide bonds. The Labute approximate surface area is 139 Å². The normalized spacial score (nSPS) is 16.8. The zero-order chi connectivity index (χ0) is 17.8. The van der Waals surface area contributed by atoms with Gasteiger partial charge in [0.05, 0.1) is 0 Å². The molecule has 1 fully saturated rings. The SMILES string of the molecule is CC(C)(C)CCN1CCN(CCNC(=O)C(C)(C)C)C(=O)C1=O. The van der Waals surface area contributed by atoms with Crippen LogP contribution >= 0.6 is 0 Å². The summed E-state index contributed by atoms with van der Waals surface area (Å²) >= 11 is 0. The van der Waals surface area contributed by atoms with Gasteiger partial charge in [0.1, 0.15) is 0 Å². The fraction of sp³-hybridized carbons (Fsp3) is 0.824. The molecule has 23 heavy (non-hydrogen) atoms. The molecule has 1 N–H and O–H groups in total. The molecular formula is C17H31N3O3. The molecule has 6 nitrogen and oxygen atoms in total. The molecule has 1 aliphatic heterocycles. The molecular weight excluding hydrogens is 294 g/mol. The van der Waals surface area contributed by atoms with Crippen molar-refractivity contribution in [1.29, 1.82) is 0 Å². The summed E-state index contributed by atoms with van der Waals surface area (Å²) in [5.74, 6) is -0.946. The zero-order valence-corrected chi connectivity index (χ0v) is 15.4. The number of piperazine rings is 1. The Balaban J connectivity index is 2.44. The van der Waals surface area contributed by atoms with Gasteiger partial charge in [0.2, 0.25) is 5.91 Å². The van der Waals surface area contributed by atoms with E-state index in [9.17, 15) is 14.4 Å². The van der Waals surface area contributed by atoms with E-state index in [-0.39, 0.29) is 11.3 Å². The van der Waals surface area contributed by atoms with E-state index in [1.165, 1.54) is 4.90 Å². The predicted octanol–water partition coefficient (Wildman–Crippen LogP) is 1.26. The Morgan fingerprint density at radius 3 is 1.87 bits per heavy atom. The molecule has 1 saturated heterocycles. The zero-order valence-electron chi connectivity index (χ0n) is 15.4. The predicted molar refractivity (Wildman–Crippen MR) is 89.7 cm³/mol. The van der Waals surface area contributed by atoms with Gasteiger partial charge < -0.3 is 15.1 Å². The first kappa shape index (κ1) is 19.5. The van der Waals surface area contributed by atoms with Crippen LogP contribution in [0, 0.1) is 10.8 Å². The van der Waals surface area contributed by atoms with Gasteiger partial charge in [-0.05, 0) is 11.8 Å². The standard InChI is InChI=1S/C17H31N3O3/c1-16(2,3)7-9-19-11-12-20(14(22)13(19)21)10-8-18-15(23)17(4,5)6/h7-12H2,1-6H3,(H,18,23). The molecule has 132 valence electrons. The number of hydrogen-bond acceptors (Lipinski definition) is 3. The third kappa shape index (κ3) is 6.20. The van der Waals surface area contributed by atoms with E-state index < -0.39 is 17.2 Å². The van der Waals surface area contributed by atoms with E-state index in [4.69, 9.17) is 0 Å². The molecule has 0 bridgehead atoms. The molecule has 1 aliphatic rings. The Bertz CT molecular complexity index is 461.